The Balaban J connectivity index is 1.75. The first-order chi connectivity index (χ1) is 13.0. The average molecular weight is 362 g/mol. The molecule has 2 aromatic rings. The number of aryl methyl sites for hydroxylation is 1. The zero-order valence-electron chi connectivity index (χ0n) is 15.3. The molecule has 0 unspecified atom stereocenters. The van der Waals surface area contributed by atoms with Crippen molar-refractivity contribution in [1.82, 2.24) is 0 Å². The summed E-state index contributed by atoms with van der Waals surface area (Å²) in [6.45, 7) is 3.46. The third kappa shape index (κ3) is 4.14. The molecule has 0 saturated carbocycles. The second-order valence-corrected chi connectivity index (χ2v) is 6.60. The Kier molecular flexibility index (Phi) is 5.50. The number of nitrogens with one attached hydrogen (secondary N) is 1. The van der Waals surface area contributed by atoms with Crippen LogP contribution in [0.3, 0.4) is 0 Å². The Morgan fingerprint density at radius 3 is 2.48 bits per heavy atom. The van der Waals surface area contributed by atoms with Crippen molar-refractivity contribution < 1.29 is 14.4 Å². The average Bonchev–Trinajstić information content (AvgIpc) is 2.88. The van der Waals surface area contributed by atoms with E-state index in [1.807, 2.05) is 12.1 Å². The number of carbonyl (C=O) groups excluding carboxylic acids is 3. The number of likely N-dealkylation sites (N-methyl/N-ethyl adjacent to an activating group) is 1. The molecule has 138 valence electrons. The van der Waals surface area contributed by atoms with Crippen LogP contribution in [0.2, 0.25) is 0 Å². The second-order valence-electron chi connectivity index (χ2n) is 6.60. The highest BCUT2D eigenvalue weighted by Crippen LogP contribution is 2.24. The van der Waals surface area contributed by atoms with Crippen LogP contribution in [-0.2, 0) is 11.2 Å². The van der Waals surface area contributed by atoms with Crippen LogP contribution in [0.15, 0.2) is 55.1 Å². The van der Waals surface area contributed by atoms with Crippen molar-refractivity contribution in [2.24, 2.45) is 0 Å². The number of anilines is 2. The van der Waals surface area contributed by atoms with Crippen LogP contribution < -0.4 is 10.2 Å². The van der Waals surface area contributed by atoms with Crippen molar-refractivity contribution in [2.45, 2.75) is 25.7 Å². The molecule has 1 N–H and O–H groups in total. The van der Waals surface area contributed by atoms with E-state index >= 15 is 0 Å². The van der Waals surface area contributed by atoms with Crippen LogP contribution in [0.5, 0.6) is 0 Å². The number of hydrogen-bond donors (Lipinski definition) is 1. The SMILES string of the molecule is C=CC(=O)N(C)c1ccc(C(=O)Nc2ccc3c(c2)C(=O)CCCC3)cc1. The first-order valence-electron chi connectivity index (χ1n) is 8.97. The minimum Gasteiger partial charge on any atom is -0.322 e. The largest absolute Gasteiger partial charge is 0.322 e. The quantitative estimate of drug-likeness (QED) is 0.660. The minimum absolute atomic E-state index is 0.137. The molecule has 0 bridgehead atoms. The number of Topliss-reactive ketones (excluding diaryl/α,β-unsaturated/α-hetero) is 1. The predicted octanol–water partition coefficient (Wildman–Crippen LogP) is 4.00. The fraction of sp³-hybridized carbons (Fsp3) is 0.227. The van der Waals surface area contributed by atoms with Crippen molar-refractivity contribution in [2.75, 3.05) is 17.3 Å². The minimum atomic E-state index is -0.264. The molecule has 1 aliphatic rings. The molecule has 0 spiro atoms. The summed E-state index contributed by atoms with van der Waals surface area (Å²) < 4.78 is 0. The lowest BCUT2D eigenvalue weighted by molar-refractivity contribution is -0.113. The van der Waals surface area contributed by atoms with E-state index in [0.29, 0.717) is 28.9 Å². The second kappa shape index (κ2) is 7.99. The lowest BCUT2D eigenvalue weighted by Gasteiger charge is -2.15. The first kappa shape index (κ1) is 18.6. The van der Waals surface area contributed by atoms with Gasteiger partial charge in [0.2, 0.25) is 5.91 Å². The monoisotopic (exact) mass is 362 g/mol. The maximum absolute atomic E-state index is 12.5. The summed E-state index contributed by atoms with van der Waals surface area (Å²) in [5.74, 6) is -0.347. The van der Waals surface area contributed by atoms with Gasteiger partial charge in [0.15, 0.2) is 5.78 Å². The number of carbonyl (C=O) groups is 3. The van der Waals surface area contributed by atoms with Crippen LogP contribution in [0.1, 0.15) is 45.5 Å². The number of hydrogen-bond acceptors (Lipinski definition) is 3. The van der Waals surface area contributed by atoms with Gasteiger partial charge >= 0.3 is 0 Å². The van der Waals surface area contributed by atoms with Gasteiger partial charge in [-0.05, 0) is 67.3 Å². The van der Waals surface area contributed by atoms with Crippen LogP contribution in [0, 0.1) is 0 Å². The predicted molar refractivity (Wildman–Crippen MR) is 106 cm³/mol. The van der Waals surface area contributed by atoms with Gasteiger partial charge in [-0.25, -0.2) is 0 Å². The molecule has 0 heterocycles. The number of amides is 2. The van der Waals surface area contributed by atoms with E-state index < -0.39 is 0 Å². The highest BCUT2D eigenvalue weighted by Gasteiger charge is 2.17. The molecule has 0 aromatic heterocycles. The maximum Gasteiger partial charge on any atom is 0.255 e. The van der Waals surface area contributed by atoms with E-state index in [2.05, 4.69) is 11.9 Å². The zero-order chi connectivity index (χ0) is 19.4. The van der Waals surface area contributed by atoms with Gasteiger partial charge in [0.25, 0.3) is 5.91 Å². The topological polar surface area (TPSA) is 66.5 Å². The van der Waals surface area contributed by atoms with E-state index in [1.165, 1.54) is 11.0 Å². The Labute approximate surface area is 158 Å². The van der Waals surface area contributed by atoms with Crippen LogP contribution >= 0.6 is 0 Å². The van der Waals surface area contributed by atoms with E-state index in [9.17, 15) is 14.4 Å². The third-order valence-corrected chi connectivity index (χ3v) is 4.79. The van der Waals surface area contributed by atoms with E-state index in [0.717, 1.165) is 24.8 Å². The number of nitrogens with zero attached hydrogens (tertiary/aromatic N) is 1. The summed E-state index contributed by atoms with van der Waals surface area (Å²) in [5.41, 5.74) is 3.52. The smallest absolute Gasteiger partial charge is 0.255 e. The number of ketones is 1. The van der Waals surface area contributed by atoms with Crippen LogP contribution in [0.25, 0.3) is 0 Å². The molecule has 0 atom stereocenters. The Hall–Kier alpha value is -3.21. The van der Waals surface area contributed by atoms with E-state index in [1.54, 1.807) is 37.4 Å². The van der Waals surface area contributed by atoms with Gasteiger partial charge in [-0.3, -0.25) is 14.4 Å². The van der Waals surface area contributed by atoms with Gasteiger partial charge < -0.3 is 10.2 Å². The molecule has 1 aliphatic carbocycles. The number of rotatable bonds is 4. The molecule has 5 heteroatoms. The van der Waals surface area contributed by atoms with Gasteiger partial charge in [-0.1, -0.05) is 12.6 Å². The summed E-state index contributed by atoms with van der Waals surface area (Å²) >= 11 is 0. The standard InChI is InChI=1S/C22H22N2O3/c1-3-21(26)24(2)18-12-9-16(10-13-18)22(27)23-17-11-8-15-6-4-5-7-20(25)19(15)14-17/h3,8-14H,1,4-7H2,2H3,(H,23,27). The Morgan fingerprint density at radius 2 is 1.78 bits per heavy atom. The maximum atomic E-state index is 12.5. The van der Waals surface area contributed by atoms with Gasteiger partial charge in [0.05, 0.1) is 0 Å². The summed E-state index contributed by atoms with van der Waals surface area (Å²) in [5, 5.41) is 2.84. The first-order valence-corrected chi connectivity index (χ1v) is 8.97. The molecule has 5 nitrogen and oxygen atoms in total. The molecule has 0 saturated heterocycles. The Morgan fingerprint density at radius 1 is 1.07 bits per heavy atom. The molecule has 0 fully saturated rings. The summed E-state index contributed by atoms with van der Waals surface area (Å²) in [6.07, 6.45) is 4.61. The molecule has 27 heavy (non-hydrogen) atoms. The van der Waals surface area contributed by atoms with Crippen LogP contribution in [0.4, 0.5) is 11.4 Å². The molecule has 2 aromatic carbocycles. The van der Waals surface area contributed by atoms with Crippen molar-refractivity contribution in [1.29, 1.82) is 0 Å². The Bertz CT molecular complexity index is 900. The summed E-state index contributed by atoms with van der Waals surface area (Å²) in [7, 11) is 1.64. The molecular weight excluding hydrogens is 340 g/mol. The van der Waals surface area contributed by atoms with E-state index in [-0.39, 0.29) is 17.6 Å². The molecular formula is C22H22N2O3. The van der Waals surface area contributed by atoms with Crippen molar-refractivity contribution >= 4 is 29.0 Å². The third-order valence-electron chi connectivity index (χ3n) is 4.79. The van der Waals surface area contributed by atoms with Gasteiger partial charge in [-0.2, -0.15) is 0 Å². The normalized spacial score (nSPS) is 13.3. The summed E-state index contributed by atoms with van der Waals surface area (Å²) in [6, 6.07) is 12.3. The van der Waals surface area contributed by atoms with E-state index in [4.69, 9.17) is 0 Å². The van der Waals surface area contributed by atoms with Crippen molar-refractivity contribution in [3.8, 4) is 0 Å². The molecule has 2 amide bonds. The lowest BCUT2D eigenvalue weighted by Crippen LogP contribution is -2.23. The van der Waals surface area contributed by atoms with Crippen LogP contribution in [-0.4, -0.2) is 24.6 Å². The molecule has 0 aliphatic heterocycles. The highest BCUT2D eigenvalue weighted by atomic mass is 16.2. The fourth-order valence-electron chi connectivity index (χ4n) is 3.17. The highest BCUT2D eigenvalue weighted by molar-refractivity contribution is 6.06. The molecule has 3 rings (SSSR count). The van der Waals surface area contributed by atoms with Gasteiger partial charge in [-0.15, -0.1) is 0 Å². The lowest BCUT2D eigenvalue weighted by atomic mass is 10.0. The number of benzene rings is 2. The summed E-state index contributed by atoms with van der Waals surface area (Å²) in [4.78, 5) is 37.8. The number of fused-ring (bicyclic) bond motifs is 1. The van der Waals surface area contributed by atoms with Gasteiger partial charge in [0.1, 0.15) is 0 Å². The van der Waals surface area contributed by atoms with Gasteiger partial charge in [0, 0.05) is 36.0 Å². The fourth-order valence-corrected chi connectivity index (χ4v) is 3.17. The zero-order valence-corrected chi connectivity index (χ0v) is 15.3. The molecule has 0 radical (unpaired) electrons. The van der Waals surface area contributed by atoms with Crippen molar-refractivity contribution in [3.05, 3.63) is 71.8 Å². The van der Waals surface area contributed by atoms with Crippen molar-refractivity contribution in [3.63, 3.8) is 0 Å².